The van der Waals surface area contributed by atoms with Gasteiger partial charge in [-0.05, 0) is 23.3 Å². The van der Waals surface area contributed by atoms with E-state index in [-0.39, 0.29) is 0 Å². The Balaban J connectivity index is 2.30. The fourth-order valence-corrected chi connectivity index (χ4v) is 2.17. The summed E-state index contributed by atoms with van der Waals surface area (Å²) in [5.74, 6) is 4.81. The minimum atomic E-state index is -0.563. The molecule has 2 N–H and O–H groups in total. The Labute approximate surface area is 129 Å². The van der Waals surface area contributed by atoms with Crippen LogP contribution in [0.5, 0.6) is 0 Å². The van der Waals surface area contributed by atoms with Gasteiger partial charge in [0.15, 0.2) is 0 Å². The van der Waals surface area contributed by atoms with E-state index in [4.69, 9.17) is 9.94 Å². The predicted octanol–water partition coefficient (Wildman–Crippen LogP) is 2.32. The second-order valence-electron chi connectivity index (χ2n) is 4.68. The van der Waals surface area contributed by atoms with Crippen LogP contribution in [0.1, 0.15) is 22.6 Å². The van der Waals surface area contributed by atoms with Gasteiger partial charge in [0.05, 0.1) is 5.92 Å². The number of nitrogens with one attached hydrogen (secondary N) is 1. The van der Waals surface area contributed by atoms with Gasteiger partial charge < -0.3 is 4.74 Å². The molecule has 4 heteroatoms. The predicted molar refractivity (Wildman–Crippen MR) is 83.4 cm³/mol. The van der Waals surface area contributed by atoms with Gasteiger partial charge in [-0.1, -0.05) is 54.3 Å². The van der Waals surface area contributed by atoms with Crippen LogP contribution in [0.4, 0.5) is 0 Å². The van der Waals surface area contributed by atoms with E-state index in [0.717, 1.165) is 16.7 Å². The van der Waals surface area contributed by atoms with Crippen molar-refractivity contribution in [1.29, 1.82) is 0 Å². The molecular formula is C18H17NO3. The van der Waals surface area contributed by atoms with Crippen LogP contribution in [-0.4, -0.2) is 24.8 Å². The second-order valence-corrected chi connectivity index (χ2v) is 4.68. The molecule has 0 heterocycles. The van der Waals surface area contributed by atoms with Crippen molar-refractivity contribution in [2.75, 3.05) is 13.7 Å². The Morgan fingerprint density at radius 1 is 1.14 bits per heavy atom. The third kappa shape index (κ3) is 3.95. The minimum Gasteiger partial charge on any atom is -0.372 e. The van der Waals surface area contributed by atoms with Gasteiger partial charge in [0, 0.05) is 12.7 Å². The number of carbonyl (C=O) groups is 1. The number of hydrogen-bond acceptors (Lipinski definition) is 3. The van der Waals surface area contributed by atoms with Crippen molar-refractivity contribution >= 4 is 5.91 Å². The highest BCUT2D eigenvalue weighted by atomic mass is 16.5. The number of ether oxygens (including phenoxy) is 1. The molecular weight excluding hydrogens is 278 g/mol. The van der Waals surface area contributed by atoms with Gasteiger partial charge in [0.2, 0.25) is 0 Å². The van der Waals surface area contributed by atoms with E-state index >= 15 is 0 Å². The Morgan fingerprint density at radius 2 is 1.77 bits per heavy atom. The monoisotopic (exact) mass is 295 g/mol. The average Bonchev–Trinajstić information content (AvgIpc) is 2.57. The summed E-state index contributed by atoms with van der Waals surface area (Å²) >= 11 is 0. The summed E-state index contributed by atoms with van der Waals surface area (Å²) in [6, 6.07) is 16.7. The number of hydroxylamine groups is 1. The van der Waals surface area contributed by atoms with Gasteiger partial charge in [-0.3, -0.25) is 10.0 Å². The molecule has 1 atom stereocenters. The molecule has 1 unspecified atom stereocenters. The molecule has 1 amide bonds. The largest absolute Gasteiger partial charge is 0.372 e. The van der Waals surface area contributed by atoms with Gasteiger partial charge >= 0.3 is 0 Å². The number of rotatable bonds is 4. The first-order valence-electron chi connectivity index (χ1n) is 6.83. The second kappa shape index (κ2) is 7.99. The SMILES string of the molecule is COCC#Cc1ccc(C(C(=O)NO)c2ccccc2)cc1. The molecule has 0 saturated carbocycles. The fraction of sp³-hybridized carbons (Fsp3) is 0.167. The third-order valence-corrected chi connectivity index (χ3v) is 3.20. The fourth-order valence-electron chi connectivity index (χ4n) is 2.17. The van der Waals surface area contributed by atoms with E-state index < -0.39 is 11.8 Å². The van der Waals surface area contributed by atoms with E-state index in [0.29, 0.717) is 6.61 Å². The molecule has 4 nitrogen and oxygen atoms in total. The topological polar surface area (TPSA) is 58.6 Å². The van der Waals surface area contributed by atoms with Crippen LogP contribution in [0, 0.1) is 11.8 Å². The molecule has 2 rings (SSSR count). The number of hydrogen-bond donors (Lipinski definition) is 2. The van der Waals surface area contributed by atoms with E-state index in [1.807, 2.05) is 54.6 Å². The van der Waals surface area contributed by atoms with E-state index in [1.165, 1.54) is 0 Å². The number of benzene rings is 2. The average molecular weight is 295 g/mol. The van der Waals surface area contributed by atoms with Crippen LogP contribution in [0.25, 0.3) is 0 Å². The zero-order valence-electron chi connectivity index (χ0n) is 12.2. The summed E-state index contributed by atoms with van der Waals surface area (Å²) in [6.45, 7) is 0.376. The molecule has 0 aliphatic rings. The molecule has 0 aliphatic carbocycles. The maximum atomic E-state index is 12.0. The normalized spacial score (nSPS) is 11.2. The van der Waals surface area contributed by atoms with Crippen LogP contribution in [0.15, 0.2) is 54.6 Å². The lowest BCUT2D eigenvalue weighted by molar-refractivity contribution is -0.129. The number of carbonyl (C=O) groups excluding carboxylic acids is 1. The Hall–Kier alpha value is -2.61. The zero-order chi connectivity index (χ0) is 15.8. The summed E-state index contributed by atoms with van der Waals surface area (Å²) in [5, 5.41) is 8.99. The molecule has 112 valence electrons. The maximum absolute atomic E-state index is 12.0. The maximum Gasteiger partial charge on any atom is 0.255 e. The Kier molecular flexibility index (Phi) is 5.73. The lowest BCUT2D eigenvalue weighted by Gasteiger charge is -2.15. The van der Waals surface area contributed by atoms with Crippen LogP contribution in [-0.2, 0) is 9.53 Å². The van der Waals surface area contributed by atoms with Crippen LogP contribution >= 0.6 is 0 Å². The van der Waals surface area contributed by atoms with E-state index in [1.54, 1.807) is 12.6 Å². The molecule has 0 radical (unpaired) electrons. The zero-order valence-corrected chi connectivity index (χ0v) is 12.2. The molecule has 0 aliphatic heterocycles. The van der Waals surface area contributed by atoms with Gasteiger partial charge in [-0.25, -0.2) is 5.48 Å². The first kappa shape index (κ1) is 15.8. The molecule has 0 bridgehead atoms. The molecule has 0 saturated heterocycles. The third-order valence-electron chi connectivity index (χ3n) is 3.20. The Morgan fingerprint density at radius 3 is 2.36 bits per heavy atom. The van der Waals surface area contributed by atoms with Gasteiger partial charge in [-0.2, -0.15) is 0 Å². The quantitative estimate of drug-likeness (QED) is 0.517. The van der Waals surface area contributed by atoms with Crippen LogP contribution in [0.3, 0.4) is 0 Å². The van der Waals surface area contributed by atoms with Crippen molar-refractivity contribution in [3.63, 3.8) is 0 Å². The van der Waals surface area contributed by atoms with Crippen LogP contribution in [0.2, 0.25) is 0 Å². The summed E-state index contributed by atoms with van der Waals surface area (Å²) in [7, 11) is 1.59. The molecule has 0 aromatic heterocycles. The van der Waals surface area contributed by atoms with Crippen molar-refractivity contribution in [3.05, 3.63) is 71.3 Å². The summed E-state index contributed by atoms with van der Waals surface area (Å²) < 4.78 is 4.88. The number of amides is 1. The van der Waals surface area contributed by atoms with E-state index in [9.17, 15) is 4.79 Å². The molecule has 2 aromatic carbocycles. The molecule has 0 spiro atoms. The number of methoxy groups -OCH3 is 1. The first-order chi connectivity index (χ1) is 10.8. The highest BCUT2D eigenvalue weighted by Crippen LogP contribution is 2.25. The smallest absolute Gasteiger partial charge is 0.255 e. The summed E-state index contributed by atoms with van der Waals surface area (Å²) in [5.41, 5.74) is 4.18. The van der Waals surface area contributed by atoms with Crippen molar-refractivity contribution in [2.45, 2.75) is 5.92 Å². The van der Waals surface area contributed by atoms with Crippen molar-refractivity contribution in [3.8, 4) is 11.8 Å². The van der Waals surface area contributed by atoms with Crippen molar-refractivity contribution < 1.29 is 14.7 Å². The minimum absolute atomic E-state index is 0.376. The summed E-state index contributed by atoms with van der Waals surface area (Å²) in [6.07, 6.45) is 0. The standard InChI is InChI=1S/C18H17NO3/c1-22-13-5-6-14-9-11-16(12-10-14)17(18(20)19-21)15-7-3-2-4-8-15/h2-4,7-12,17,21H,13H2,1H3,(H,19,20). The molecule has 2 aromatic rings. The molecule has 22 heavy (non-hydrogen) atoms. The highest BCUT2D eigenvalue weighted by Gasteiger charge is 2.21. The van der Waals surface area contributed by atoms with Crippen molar-refractivity contribution in [2.24, 2.45) is 0 Å². The molecule has 0 fully saturated rings. The van der Waals surface area contributed by atoms with Gasteiger partial charge in [0.25, 0.3) is 5.91 Å². The first-order valence-corrected chi connectivity index (χ1v) is 6.83. The Bertz CT molecular complexity index is 669. The van der Waals surface area contributed by atoms with Gasteiger partial charge in [0.1, 0.15) is 6.61 Å². The lowest BCUT2D eigenvalue weighted by atomic mass is 9.90. The van der Waals surface area contributed by atoms with Crippen LogP contribution < -0.4 is 5.48 Å². The van der Waals surface area contributed by atoms with E-state index in [2.05, 4.69) is 11.8 Å². The van der Waals surface area contributed by atoms with Gasteiger partial charge in [-0.15, -0.1) is 0 Å². The lowest BCUT2D eigenvalue weighted by Crippen LogP contribution is -2.27. The highest BCUT2D eigenvalue weighted by molar-refractivity contribution is 5.86. The van der Waals surface area contributed by atoms with Crippen molar-refractivity contribution in [1.82, 2.24) is 5.48 Å². The summed E-state index contributed by atoms with van der Waals surface area (Å²) in [4.78, 5) is 12.0.